The van der Waals surface area contributed by atoms with E-state index >= 15 is 0 Å². The highest BCUT2D eigenvalue weighted by Gasteiger charge is 2.32. The van der Waals surface area contributed by atoms with Crippen molar-refractivity contribution in [2.24, 2.45) is 5.41 Å². The molecule has 0 radical (unpaired) electrons. The van der Waals surface area contributed by atoms with Crippen molar-refractivity contribution < 1.29 is 19.0 Å². The van der Waals surface area contributed by atoms with Gasteiger partial charge in [0.15, 0.2) is 0 Å². The van der Waals surface area contributed by atoms with Gasteiger partial charge in [-0.25, -0.2) is 0 Å². The molecule has 0 spiro atoms. The van der Waals surface area contributed by atoms with Gasteiger partial charge in [-0.1, -0.05) is 0 Å². The molecule has 0 atom stereocenters. The Balaban J connectivity index is 1.63. The molecule has 0 aromatic rings. The molecule has 2 N–H and O–H groups in total. The van der Waals surface area contributed by atoms with Gasteiger partial charge in [-0.15, -0.1) is 0 Å². The lowest BCUT2D eigenvalue weighted by Gasteiger charge is -2.37. The molecule has 2 saturated heterocycles. The fourth-order valence-electron chi connectivity index (χ4n) is 3.17. The number of hydrogen-bond donors (Lipinski definition) is 2. The van der Waals surface area contributed by atoms with E-state index in [1.165, 1.54) is 0 Å². The zero-order valence-electron chi connectivity index (χ0n) is 13.7. The molecule has 2 aliphatic heterocycles. The highest BCUT2D eigenvalue weighted by molar-refractivity contribution is 5.76. The first kappa shape index (κ1) is 17.7. The Hall–Kier alpha value is -0.690. The van der Waals surface area contributed by atoms with Crippen molar-refractivity contribution in [2.75, 3.05) is 53.2 Å². The fourth-order valence-corrected chi connectivity index (χ4v) is 3.17. The average Bonchev–Trinajstić information content (AvgIpc) is 2.55. The van der Waals surface area contributed by atoms with Gasteiger partial charge in [-0.05, 0) is 38.8 Å². The number of amides is 1. The lowest BCUT2D eigenvalue weighted by molar-refractivity contribution is -0.124. The van der Waals surface area contributed by atoms with Crippen molar-refractivity contribution >= 4 is 5.91 Å². The molecule has 6 nitrogen and oxygen atoms in total. The SMILES string of the molecule is COCC1(CNC(=O)CCOC2CCOCC2)CCNCC1. The summed E-state index contributed by atoms with van der Waals surface area (Å²) in [6.07, 6.45) is 4.64. The summed E-state index contributed by atoms with van der Waals surface area (Å²) < 4.78 is 16.4. The Morgan fingerprint density at radius 3 is 2.73 bits per heavy atom. The molecule has 0 bridgehead atoms. The van der Waals surface area contributed by atoms with Crippen LogP contribution in [0.1, 0.15) is 32.1 Å². The van der Waals surface area contributed by atoms with Crippen LogP contribution in [0, 0.1) is 5.41 Å². The molecule has 22 heavy (non-hydrogen) atoms. The Labute approximate surface area is 133 Å². The summed E-state index contributed by atoms with van der Waals surface area (Å²) in [7, 11) is 1.73. The summed E-state index contributed by atoms with van der Waals surface area (Å²) >= 11 is 0. The van der Waals surface area contributed by atoms with Crippen LogP contribution in [0.5, 0.6) is 0 Å². The number of carbonyl (C=O) groups excluding carboxylic acids is 1. The lowest BCUT2D eigenvalue weighted by Crippen LogP contribution is -2.47. The van der Waals surface area contributed by atoms with Crippen LogP contribution < -0.4 is 10.6 Å². The van der Waals surface area contributed by atoms with Gasteiger partial charge in [0.25, 0.3) is 0 Å². The summed E-state index contributed by atoms with van der Waals surface area (Å²) in [5.74, 6) is 0.0704. The Kier molecular flexibility index (Phi) is 7.59. The van der Waals surface area contributed by atoms with Gasteiger partial charge in [-0.2, -0.15) is 0 Å². The average molecular weight is 314 g/mol. The third kappa shape index (κ3) is 5.83. The normalized spacial score (nSPS) is 22.4. The first-order valence-corrected chi connectivity index (χ1v) is 8.40. The number of hydrogen-bond acceptors (Lipinski definition) is 5. The molecular formula is C16H30N2O4. The van der Waals surface area contributed by atoms with Crippen molar-refractivity contribution in [1.82, 2.24) is 10.6 Å². The predicted octanol–water partition coefficient (Wildman–Crippen LogP) is 0.705. The number of ether oxygens (including phenoxy) is 3. The quantitative estimate of drug-likeness (QED) is 0.690. The summed E-state index contributed by atoms with van der Waals surface area (Å²) in [5, 5.41) is 6.42. The molecule has 0 aliphatic carbocycles. The second kappa shape index (κ2) is 9.45. The van der Waals surface area contributed by atoms with E-state index < -0.39 is 0 Å². The third-order valence-electron chi connectivity index (χ3n) is 4.63. The number of carbonyl (C=O) groups is 1. The minimum Gasteiger partial charge on any atom is -0.384 e. The zero-order chi connectivity index (χ0) is 15.7. The lowest BCUT2D eigenvalue weighted by atomic mass is 9.79. The van der Waals surface area contributed by atoms with Gasteiger partial charge in [0.2, 0.25) is 5.91 Å². The van der Waals surface area contributed by atoms with Crippen molar-refractivity contribution in [3.8, 4) is 0 Å². The summed E-state index contributed by atoms with van der Waals surface area (Å²) in [4.78, 5) is 12.0. The van der Waals surface area contributed by atoms with Crippen LogP contribution in [-0.2, 0) is 19.0 Å². The van der Waals surface area contributed by atoms with E-state index in [-0.39, 0.29) is 17.4 Å². The molecule has 0 aromatic heterocycles. The second-order valence-electron chi connectivity index (χ2n) is 6.39. The van der Waals surface area contributed by atoms with Gasteiger partial charge in [0.05, 0.1) is 19.3 Å². The van der Waals surface area contributed by atoms with Gasteiger partial charge in [-0.3, -0.25) is 4.79 Å². The van der Waals surface area contributed by atoms with Gasteiger partial charge < -0.3 is 24.8 Å². The monoisotopic (exact) mass is 314 g/mol. The van der Waals surface area contributed by atoms with Crippen LogP contribution in [0.2, 0.25) is 0 Å². The first-order chi connectivity index (χ1) is 10.7. The van der Waals surface area contributed by atoms with E-state index in [2.05, 4.69) is 10.6 Å². The van der Waals surface area contributed by atoms with Crippen molar-refractivity contribution in [2.45, 2.75) is 38.2 Å². The topological polar surface area (TPSA) is 68.8 Å². The van der Waals surface area contributed by atoms with Gasteiger partial charge >= 0.3 is 0 Å². The highest BCUT2D eigenvalue weighted by atomic mass is 16.5. The smallest absolute Gasteiger partial charge is 0.222 e. The molecule has 1 amide bonds. The van der Waals surface area contributed by atoms with Crippen LogP contribution in [-0.4, -0.2) is 65.2 Å². The number of rotatable bonds is 8. The molecule has 2 heterocycles. The molecule has 6 heteroatoms. The third-order valence-corrected chi connectivity index (χ3v) is 4.63. The summed E-state index contributed by atoms with van der Waals surface area (Å²) in [5.41, 5.74) is 0.0806. The maximum Gasteiger partial charge on any atom is 0.222 e. The maximum absolute atomic E-state index is 12.0. The molecule has 0 aromatic carbocycles. The van der Waals surface area contributed by atoms with Crippen molar-refractivity contribution in [3.63, 3.8) is 0 Å². The van der Waals surface area contributed by atoms with Crippen LogP contribution in [0.4, 0.5) is 0 Å². The van der Waals surface area contributed by atoms with Gasteiger partial charge in [0, 0.05) is 38.7 Å². The van der Waals surface area contributed by atoms with E-state index in [0.29, 0.717) is 26.2 Å². The molecule has 2 rings (SSSR count). The van der Waals surface area contributed by atoms with E-state index in [0.717, 1.165) is 52.0 Å². The fraction of sp³-hybridized carbons (Fsp3) is 0.938. The molecular weight excluding hydrogens is 284 g/mol. The molecule has 128 valence electrons. The predicted molar refractivity (Wildman–Crippen MR) is 83.8 cm³/mol. The highest BCUT2D eigenvalue weighted by Crippen LogP contribution is 2.28. The molecule has 0 unspecified atom stereocenters. The maximum atomic E-state index is 12.0. The first-order valence-electron chi connectivity index (χ1n) is 8.40. The van der Waals surface area contributed by atoms with E-state index in [1.807, 2.05) is 0 Å². The van der Waals surface area contributed by atoms with Crippen LogP contribution in [0.3, 0.4) is 0 Å². The largest absolute Gasteiger partial charge is 0.384 e. The van der Waals surface area contributed by atoms with Crippen LogP contribution >= 0.6 is 0 Å². The minimum absolute atomic E-state index is 0.0704. The number of methoxy groups -OCH3 is 1. The zero-order valence-corrected chi connectivity index (χ0v) is 13.7. The Morgan fingerprint density at radius 2 is 2.05 bits per heavy atom. The Bertz CT molecular complexity index is 321. The second-order valence-corrected chi connectivity index (χ2v) is 6.39. The standard InChI is InChI=1S/C16H30N2O4/c1-20-13-16(5-7-17-8-6-16)12-18-15(19)4-11-22-14-2-9-21-10-3-14/h14,17H,2-13H2,1H3,(H,18,19). The van der Waals surface area contributed by atoms with Crippen LogP contribution in [0.15, 0.2) is 0 Å². The molecule has 2 aliphatic rings. The number of nitrogens with one attached hydrogen (secondary N) is 2. The van der Waals surface area contributed by atoms with E-state index in [1.54, 1.807) is 7.11 Å². The Morgan fingerprint density at radius 1 is 1.32 bits per heavy atom. The number of piperidine rings is 1. The molecule has 2 fully saturated rings. The van der Waals surface area contributed by atoms with Crippen molar-refractivity contribution in [3.05, 3.63) is 0 Å². The van der Waals surface area contributed by atoms with E-state index in [4.69, 9.17) is 14.2 Å². The minimum atomic E-state index is 0.0704. The van der Waals surface area contributed by atoms with Crippen molar-refractivity contribution in [1.29, 1.82) is 0 Å². The summed E-state index contributed by atoms with van der Waals surface area (Å²) in [6, 6.07) is 0. The van der Waals surface area contributed by atoms with Gasteiger partial charge in [0.1, 0.15) is 0 Å². The van der Waals surface area contributed by atoms with E-state index in [9.17, 15) is 4.79 Å². The summed E-state index contributed by atoms with van der Waals surface area (Å²) in [6.45, 7) is 5.41. The van der Waals surface area contributed by atoms with Crippen LogP contribution in [0.25, 0.3) is 0 Å². The molecule has 0 saturated carbocycles.